The molecule has 1 heterocycles. The van der Waals surface area contributed by atoms with E-state index in [1.807, 2.05) is 0 Å². The molecule has 0 aromatic heterocycles. The van der Waals surface area contributed by atoms with Crippen LogP contribution in [0.5, 0.6) is 0 Å². The number of hydrazone groups is 1. The maximum absolute atomic E-state index is 5.18. The van der Waals surface area contributed by atoms with E-state index in [0.717, 1.165) is 19.6 Å². The molecule has 0 radical (unpaired) electrons. The number of thiocarbonyl (C=S) groups is 1. The van der Waals surface area contributed by atoms with Crippen molar-refractivity contribution in [2.75, 3.05) is 19.6 Å². The van der Waals surface area contributed by atoms with Crippen LogP contribution in [0.3, 0.4) is 0 Å². The van der Waals surface area contributed by atoms with Gasteiger partial charge in [0.1, 0.15) is 0 Å². The fourth-order valence-corrected chi connectivity index (χ4v) is 1.02. The van der Waals surface area contributed by atoms with Crippen molar-refractivity contribution < 1.29 is 0 Å². The lowest BCUT2D eigenvalue weighted by atomic mass is 10.2. The molecule has 5 N–H and O–H groups in total. The topological polar surface area (TPSA) is 74.5 Å². The van der Waals surface area contributed by atoms with E-state index in [1.165, 1.54) is 0 Å². The van der Waals surface area contributed by atoms with Crippen molar-refractivity contribution in [1.29, 1.82) is 0 Å². The summed E-state index contributed by atoms with van der Waals surface area (Å²) < 4.78 is 0. The third-order valence-corrected chi connectivity index (χ3v) is 1.59. The molecule has 68 valence electrons. The Morgan fingerprint density at radius 2 is 2.50 bits per heavy atom. The average Bonchev–Trinajstić information content (AvgIpc) is 2.05. The molecule has 1 atom stereocenters. The van der Waals surface area contributed by atoms with Gasteiger partial charge in [0, 0.05) is 25.8 Å². The summed E-state index contributed by atoms with van der Waals surface area (Å²) in [6.07, 6.45) is 1.76. The Balaban J connectivity index is 2.19. The van der Waals surface area contributed by atoms with E-state index in [-0.39, 0.29) is 11.2 Å². The maximum Gasteiger partial charge on any atom is 0.184 e. The van der Waals surface area contributed by atoms with Crippen molar-refractivity contribution in [2.24, 2.45) is 10.8 Å². The van der Waals surface area contributed by atoms with Crippen molar-refractivity contribution in [2.45, 2.75) is 6.04 Å². The zero-order chi connectivity index (χ0) is 8.81. The predicted molar refractivity (Wildman–Crippen MR) is 53.1 cm³/mol. The number of nitrogens with one attached hydrogen (secondary N) is 3. The molecular formula is C6H13N5S. The molecule has 1 aliphatic rings. The molecule has 0 amide bonds. The highest BCUT2D eigenvalue weighted by atomic mass is 32.1. The fourth-order valence-electron chi connectivity index (χ4n) is 0.972. The molecule has 0 bridgehead atoms. The molecule has 5 nitrogen and oxygen atoms in total. The molecule has 6 heteroatoms. The van der Waals surface area contributed by atoms with E-state index in [0.29, 0.717) is 0 Å². The normalized spacial score (nSPS) is 24.2. The highest BCUT2D eigenvalue weighted by Crippen LogP contribution is 1.81. The standard InChI is InChI=1S/C6H13N5S/c7-6(12)11-10-4-5-3-8-1-2-9-5/h4-5,8-9H,1-3H2,(H3,7,11,12)/b10-4-/t5-/m0/s1. The Hall–Kier alpha value is -0.720. The number of hydrogen-bond acceptors (Lipinski definition) is 4. The van der Waals surface area contributed by atoms with Gasteiger partial charge in [-0.1, -0.05) is 0 Å². The van der Waals surface area contributed by atoms with Gasteiger partial charge in [-0.3, -0.25) is 5.43 Å². The highest BCUT2D eigenvalue weighted by Gasteiger charge is 2.07. The summed E-state index contributed by atoms with van der Waals surface area (Å²) in [4.78, 5) is 0. The van der Waals surface area contributed by atoms with Crippen molar-refractivity contribution in [3.8, 4) is 0 Å². The van der Waals surface area contributed by atoms with E-state index < -0.39 is 0 Å². The second-order valence-corrected chi connectivity index (χ2v) is 2.96. The Bertz CT molecular complexity index is 175. The van der Waals surface area contributed by atoms with Gasteiger partial charge in [-0.05, 0) is 12.2 Å². The Kier molecular flexibility index (Phi) is 3.92. The molecule has 0 saturated carbocycles. The predicted octanol–water partition coefficient (Wildman–Crippen LogP) is -1.63. The summed E-state index contributed by atoms with van der Waals surface area (Å²) in [7, 11) is 0. The average molecular weight is 187 g/mol. The third-order valence-electron chi connectivity index (χ3n) is 1.50. The first-order valence-electron chi connectivity index (χ1n) is 3.82. The number of nitrogens with zero attached hydrogens (tertiary/aromatic N) is 1. The number of hydrogen-bond donors (Lipinski definition) is 4. The fraction of sp³-hybridized carbons (Fsp3) is 0.667. The smallest absolute Gasteiger partial charge is 0.184 e. The van der Waals surface area contributed by atoms with Crippen LogP contribution in [0.25, 0.3) is 0 Å². The maximum atomic E-state index is 5.18. The van der Waals surface area contributed by atoms with Crippen molar-refractivity contribution >= 4 is 23.5 Å². The summed E-state index contributed by atoms with van der Waals surface area (Å²) in [5.41, 5.74) is 7.68. The molecule has 1 rings (SSSR count). The van der Waals surface area contributed by atoms with Crippen molar-refractivity contribution in [1.82, 2.24) is 16.1 Å². The molecular weight excluding hydrogens is 174 g/mol. The minimum absolute atomic E-state index is 0.190. The Morgan fingerprint density at radius 1 is 1.67 bits per heavy atom. The lowest BCUT2D eigenvalue weighted by Crippen LogP contribution is -2.49. The van der Waals surface area contributed by atoms with Crippen LogP contribution in [0.4, 0.5) is 0 Å². The summed E-state index contributed by atoms with van der Waals surface area (Å²) in [5, 5.41) is 10.5. The van der Waals surface area contributed by atoms with E-state index in [2.05, 4.69) is 33.4 Å². The Morgan fingerprint density at radius 3 is 3.08 bits per heavy atom. The number of nitrogens with two attached hydrogens (primary N) is 1. The Labute approximate surface area is 76.8 Å². The lowest BCUT2D eigenvalue weighted by molar-refractivity contribution is 0.491. The van der Waals surface area contributed by atoms with Crippen LogP contribution in [0.2, 0.25) is 0 Å². The van der Waals surface area contributed by atoms with Gasteiger partial charge in [-0.2, -0.15) is 5.10 Å². The molecule has 0 spiro atoms. The lowest BCUT2D eigenvalue weighted by Gasteiger charge is -2.20. The van der Waals surface area contributed by atoms with Gasteiger partial charge in [-0.15, -0.1) is 0 Å². The van der Waals surface area contributed by atoms with Crippen LogP contribution in [0, 0.1) is 0 Å². The van der Waals surface area contributed by atoms with Crippen molar-refractivity contribution in [3.05, 3.63) is 0 Å². The monoisotopic (exact) mass is 187 g/mol. The van der Waals surface area contributed by atoms with Gasteiger partial charge < -0.3 is 16.4 Å². The molecule has 12 heavy (non-hydrogen) atoms. The zero-order valence-corrected chi connectivity index (χ0v) is 7.53. The first kappa shape index (κ1) is 9.37. The summed E-state index contributed by atoms with van der Waals surface area (Å²) in [6.45, 7) is 2.86. The summed E-state index contributed by atoms with van der Waals surface area (Å²) >= 11 is 4.58. The second kappa shape index (κ2) is 5.02. The van der Waals surface area contributed by atoms with Gasteiger partial charge in [0.05, 0.1) is 6.04 Å². The summed E-state index contributed by atoms with van der Waals surface area (Å²) in [6, 6.07) is 0.264. The number of piperazine rings is 1. The molecule has 0 aliphatic carbocycles. The van der Waals surface area contributed by atoms with Gasteiger partial charge in [0.2, 0.25) is 0 Å². The van der Waals surface area contributed by atoms with E-state index in [9.17, 15) is 0 Å². The van der Waals surface area contributed by atoms with Crippen LogP contribution in [0.1, 0.15) is 0 Å². The highest BCUT2D eigenvalue weighted by molar-refractivity contribution is 7.80. The molecule has 1 fully saturated rings. The first-order chi connectivity index (χ1) is 5.79. The zero-order valence-electron chi connectivity index (χ0n) is 6.71. The van der Waals surface area contributed by atoms with Gasteiger partial charge >= 0.3 is 0 Å². The SMILES string of the molecule is NC(=S)N/N=C\[C@@H]1CNCCN1. The minimum atomic E-state index is 0.190. The molecule has 1 saturated heterocycles. The minimum Gasteiger partial charge on any atom is -0.375 e. The first-order valence-corrected chi connectivity index (χ1v) is 4.22. The molecule has 0 unspecified atom stereocenters. The van der Waals surface area contributed by atoms with Crippen LogP contribution >= 0.6 is 12.2 Å². The van der Waals surface area contributed by atoms with Gasteiger partial charge in [-0.25, -0.2) is 0 Å². The van der Waals surface area contributed by atoms with E-state index in [1.54, 1.807) is 6.21 Å². The van der Waals surface area contributed by atoms with Crippen LogP contribution in [-0.4, -0.2) is 37.0 Å². The molecule has 0 aromatic carbocycles. The van der Waals surface area contributed by atoms with E-state index >= 15 is 0 Å². The molecule has 0 aromatic rings. The van der Waals surface area contributed by atoms with E-state index in [4.69, 9.17) is 5.73 Å². The molecule has 1 aliphatic heterocycles. The van der Waals surface area contributed by atoms with Gasteiger partial charge in [0.25, 0.3) is 0 Å². The quantitative estimate of drug-likeness (QED) is 0.237. The number of rotatable bonds is 2. The largest absolute Gasteiger partial charge is 0.375 e. The summed E-state index contributed by atoms with van der Waals surface area (Å²) in [5.74, 6) is 0. The van der Waals surface area contributed by atoms with Gasteiger partial charge in [0.15, 0.2) is 5.11 Å². The van der Waals surface area contributed by atoms with Crippen LogP contribution < -0.4 is 21.8 Å². The second-order valence-electron chi connectivity index (χ2n) is 2.52. The van der Waals surface area contributed by atoms with Crippen LogP contribution in [0.15, 0.2) is 5.10 Å². The third kappa shape index (κ3) is 3.61. The van der Waals surface area contributed by atoms with Crippen molar-refractivity contribution in [3.63, 3.8) is 0 Å². The van der Waals surface area contributed by atoms with Crippen LogP contribution in [-0.2, 0) is 0 Å².